The number of thioether (sulfide) groups is 1. The van der Waals surface area contributed by atoms with E-state index in [9.17, 15) is 33.9 Å². The number of hydrogen-bond donors (Lipinski definition) is 8. The van der Waals surface area contributed by atoms with Crippen LogP contribution in [-0.4, -0.2) is 83.3 Å². The summed E-state index contributed by atoms with van der Waals surface area (Å²) >= 11 is 1.40. The highest BCUT2D eigenvalue weighted by molar-refractivity contribution is 7.98. The summed E-state index contributed by atoms with van der Waals surface area (Å²) in [5.41, 5.74) is 21.4. The van der Waals surface area contributed by atoms with Gasteiger partial charge in [0.2, 0.25) is 29.5 Å². The van der Waals surface area contributed by atoms with E-state index in [4.69, 9.17) is 22.9 Å². The number of carboxylic acid groups (broad SMARTS) is 1. The number of carbonyl (C=O) groups is 6. The summed E-state index contributed by atoms with van der Waals surface area (Å²) in [6.45, 7) is 0.371. The number of hydrogen-bond acceptors (Lipinski definition) is 9. The van der Waals surface area contributed by atoms with Crippen LogP contribution in [0.4, 0.5) is 0 Å². The first-order chi connectivity index (χ1) is 16.4. The lowest BCUT2D eigenvalue weighted by molar-refractivity contribution is -0.143. The van der Waals surface area contributed by atoms with Crippen molar-refractivity contribution < 1.29 is 33.9 Å². The molecule has 0 radical (unpaired) electrons. The molecule has 0 aliphatic rings. The molecule has 0 saturated heterocycles. The lowest BCUT2D eigenvalue weighted by Crippen LogP contribution is -2.57. The largest absolute Gasteiger partial charge is 0.480 e. The van der Waals surface area contributed by atoms with Crippen LogP contribution in [0, 0.1) is 0 Å². The molecule has 200 valence electrons. The quantitative estimate of drug-likeness (QED) is 0.0795. The third-order valence-corrected chi connectivity index (χ3v) is 5.53. The van der Waals surface area contributed by atoms with Crippen LogP contribution in [0.5, 0.6) is 0 Å². The van der Waals surface area contributed by atoms with Crippen molar-refractivity contribution in [3.8, 4) is 0 Å². The van der Waals surface area contributed by atoms with Crippen LogP contribution in [-0.2, 0) is 28.8 Å². The van der Waals surface area contributed by atoms with E-state index >= 15 is 0 Å². The number of primary amides is 2. The fraction of sp³-hybridized carbons (Fsp3) is 0.700. The summed E-state index contributed by atoms with van der Waals surface area (Å²) in [6.07, 6.45) is 2.48. The fourth-order valence-corrected chi connectivity index (χ4v) is 3.39. The lowest BCUT2D eigenvalue weighted by Gasteiger charge is -2.25. The number of rotatable bonds is 19. The Balaban J connectivity index is 5.47. The summed E-state index contributed by atoms with van der Waals surface area (Å²) in [7, 11) is 0. The van der Waals surface area contributed by atoms with Crippen LogP contribution in [0.15, 0.2) is 0 Å². The summed E-state index contributed by atoms with van der Waals surface area (Å²) in [5.74, 6) is -4.71. The molecule has 0 aromatic rings. The minimum absolute atomic E-state index is 0.00645. The van der Waals surface area contributed by atoms with Crippen LogP contribution >= 0.6 is 11.8 Å². The predicted molar refractivity (Wildman–Crippen MR) is 130 cm³/mol. The molecule has 0 fully saturated rings. The van der Waals surface area contributed by atoms with E-state index in [1.807, 2.05) is 0 Å². The SMILES string of the molecule is CSCCC(NC(=O)C(CCCCN)NC(=O)C(N)CCC(N)=O)C(=O)NC(CC(N)=O)C(=O)O. The maximum atomic E-state index is 13.0. The molecule has 35 heavy (non-hydrogen) atoms. The first kappa shape index (κ1) is 32.1. The zero-order valence-electron chi connectivity index (χ0n) is 19.8. The number of unbranched alkanes of at least 4 members (excludes halogenated alkanes) is 1. The number of nitrogens with one attached hydrogen (secondary N) is 3. The second-order valence-corrected chi connectivity index (χ2v) is 8.86. The van der Waals surface area contributed by atoms with Gasteiger partial charge in [-0.15, -0.1) is 0 Å². The van der Waals surface area contributed by atoms with Gasteiger partial charge in [-0.05, 0) is 50.7 Å². The standard InChI is InChI=1S/C20H37N7O7S/c1-35-9-7-13(19(32)27-14(20(33)34)10-16(24)29)26-18(31)12(4-2-3-8-21)25-17(30)11(22)5-6-15(23)28/h11-14H,2-10,21-22H2,1H3,(H2,23,28)(H2,24,29)(H,25,30)(H,26,31)(H,27,32)(H,33,34). The third-order valence-electron chi connectivity index (χ3n) is 4.88. The first-order valence-electron chi connectivity index (χ1n) is 11.1. The molecule has 12 N–H and O–H groups in total. The van der Waals surface area contributed by atoms with E-state index in [0.717, 1.165) is 0 Å². The maximum Gasteiger partial charge on any atom is 0.326 e. The Morgan fingerprint density at radius 3 is 1.83 bits per heavy atom. The minimum Gasteiger partial charge on any atom is -0.480 e. The van der Waals surface area contributed by atoms with Gasteiger partial charge < -0.3 is 44.0 Å². The Hall–Kier alpha value is -2.91. The van der Waals surface area contributed by atoms with Gasteiger partial charge in [-0.2, -0.15) is 11.8 Å². The monoisotopic (exact) mass is 519 g/mol. The molecule has 0 aromatic carbocycles. The fourth-order valence-electron chi connectivity index (χ4n) is 2.92. The Kier molecular flexibility index (Phi) is 16.1. The molecule has 14 nitrogen and oxygen atoms in total. The molecule has 0 aromatic heterocycles. The van der Waals surface area contributed by atoms with Gasteiger partial charge in [0.15, 0.2) is 0 Å². The normalized spacial score (nSPS) is 14.1. The summed E-state index contributed by atoms with van der Waals surface area (Å²) < 4.78 is 0. The van der Waals surface area contributed by atoms with E-state index in [0.29, 0.717) is 25.1 Å². The van der Waals surface area contributed by atoms with Crippen molar-refractivity contribution in [1.29, 1.82) is 0 Å². The van der Waals surface area contributed by atoms with Gasteiger partial charge in [0.25, 0.3) is 0 Å². The van der Waals surface area contributed by atoms with Crippen molar-refractivity contribution in [1.82, 2.24) is 16.0 Å². The van der Waals surface area contributed by atoms with Crippen LogP contribution in [0.2, 0.25) is 0 Å². The smallest absolute Gasteiger partial charge is 0.326 e. The van der Waals surface area contributed by atoms with Crippen molar-refractivity contribution in [3.63, 3.8) is 0 Å². The zero-order valence-corrected chi connectivity index (χ0v) is 20.6. The molecule has 0 aliphatic carbocycles. The Labute approximate surface area is 208 Å². The number of carbonyl (C=O) groups excluding carboxylic acids is 5. The summed E-state index contributed by atoms with van der Waals surface area (Å²) in [4.78, 5) is 71.6. The molecular weight excluding hydrogens is 482 g/mol. The van der Waals surface area contributed by atoms with Crippen molar-refractivity contribution in [2.24, 2.45) is 22.9 Å². The molecule has 0 spiro atoms. The third kappa shape index (κ3) is 14.2. The molecule has 0 bridgehead atoms. The molecule has 0 saturated carbocycles. The highest BCUT2D eigenvalue weighted by Gasteiger charge is 2.30. The van der Waals surface area contributed by atoms with E-state index in [1.165, 1.54) is 11.8 Å². The number of amides is 5. The Bertz CT molecular complexity index is 753. The van der Waals surface area contributed by atoms with Crippen LogP contribution in [0.25, 0.3) is 0 Å². The second-order valence-electron chi connectivity index (χ2n) is 7.87. The molecule has 4 atom stereocenters. The van der Waals surface area contributed by atoms with Crippen molar-refractivity contribution >= 4 is 47.3 Å². The number of nitrogens with two attached hydrogens (primary N) is 4. The molecule has 5 amide bonds. The van der Waals surface area contributed by atoms with Gasteiger partial charge in [-0.1, -0.05) is 0 Å². The van der Waals surface area contributed by atoms with E-state index in [1.54, 1.807) is 6.26 Å². The second kappa shape index (κ2) is 17.5. The van der Waals surface area contributed by atoms with Gasteiger partial charge in [-0.25, -0.2) is 4.79 Å². The topological polar surface area (TPSA) is 263 Å². The number of aliphatic carboxylic acids is 1. The van der Waals surface area contributed by atoms with E-state index in [-0.39, 0.29) is 25.7 Å². The van der Waals surface area contributed by atoms with Crippen LogP contribution in [0.3, 0.4) is 0 Å². The molecule has 0 rings (SSSR count). The average molecular weight is 520 g/mol. The van der Waals surface area contributed by atoms with E-state index in [2.05, 4.69) is 16.0 Å². The molecule has 0 aliphatic heterocycles. The Morgan fingerprint density at radius 1 is 0.800 bits per heavy atom. The number of carboxylic acids is 1. The summed E-state index contributed by atoms with van der Waals surface area (Å²) in [5, 5.41) is 16.5. The molecule has 0 heterocycles. The lowest BCUT2D eigenvalue weighted by atomic mass is 10.1. The van der Waals surface area contributed by atoms with Gasteiger partial charge in [0.1, 0.15) is 18.1 Å². The molecular formula is C20H37N7O7S. The summed E-state index contributed by atoms with van der Waals surface area (Å²) in [6, 6.07) is -4.83. The van der Waals surface area contributed by atoms with E-state index < -0.39 is 66.1 Å². The highest BCUT2D eigenvalue weighted by atomic mass is 32.2. The van der Waals surface area contributed by atoms with Crippen molar-refractivity contribution in [2.45, 2.75) is 69.1 Å². The van der Waals surface area contributed by atoms with Gasteiger partial charge in [-0.3, -0.25) is 24.0 Å². The minimum atomic E-state index is -1.56. The van der Waals surface area contributed by atoms with Gasteiger partial charge in [0, 0.05) is 6.42 Å². The average Bonchev–Trinajstić information content (AvgIpc) is 2.78. The van der Waals surface area contributed by atoms with Crippen molar-refractivity contribution in [2.75, 3.05) is 18.6 Å². The van der Waals surface area contributed by atoms with Crippen LogP contribution < -0.4 is 38.9 Å². The first-order valence-corrected chi connectivity index (χ1v) is 12.5. The molecule has 4 unspecified atom stereocenters. The van der Waals surface area contributed by atoms with Gasteiger partial charge in [0.05, 0.1) is 12.5 Å². The van der Waals surface area contributed by atoms with Gasteiger partial charge >= 0.3 is 5.97 Å². The Morgan fingerprint density at radius 2 is 1.34 bits per heavy atom. The zero-order chi connectivity index (χ0) is 27.0. The predicted octanol–water partition coefficient (Wildman–Crippen LogP) is -3.12. The highest BCUT2D eigenvalue weighted by Crippen LogP contribution is 2.07. The van der Waals surface area contributed by atoms with Crippen LogP contribution in [0.1, 0.15) is 44.9 Å². The molecule has 15 heteroatoms. The van der Waals surface area contributed by atoms with Crippen molar-refractivity contribution in [3.05, 3.63) is 0 Å². The maximum absolute atomic E-state index is 13.0.